The topological polar surface area (TPSA) is 3.24 Å². The molecule has 0 unspecified atom stereocenters. The van der Waals surface area contributed by atoms with Crippen molar-refractivity contribution in [2.24, 2.45) is 0 Å². The third kappa shape index (κ3) is 6.74. The summed E-state index contributed by atoms with van der Waals surface area (Å²) in [6.45, 7) is 1.89. The van der Waals surface area contributed by atoms with Crippen molar-refractivity contribution in [3.8, 4) is 0 Å². The highest BCUT2D eigenvalue weighted by Gasteiger charge is 2.34. The molecule has 0 saturated heterocycles. The maximum atomic E-state index is 13.7. The van der Waals surface area contributed by atoms with Crippen LogP contribution < -0.4 is 0 Å². The van der Waals surface area contributed by atoms with Gasteiger partial charge >= 0.3 is 6.18 Å². The Morgan fingerprint density at radius 3 is 1.94 bits per heavy atom. The first kappa shape index (κ1) is 25.0. The number of rotatable bonds is 9. The minimum atomic E-state index is -4.71. The highest BCUT2D eigenvalue weighted by atomic mass is 35.5. The molecule has 4 rings (SSSR count). The molecule has 180 valence electrons. The monoisotopic (exact) mass is 509 g/mol. The molecule has 0 aromatic heterocycles. The lowest BCUT2D eigenvalue weighted by Gasteiger charge is -2.23. The van der Waals surface area contributed by atoms with Crippen LogP contribution in [0.25, 0.3) is 0 Å². The molecule has 0 radical (unpaired) electrons. The lowest BCUT2D eigenvalue weighted by atomic mass is 10.1. The molecule has 0 spiro atoms. The number of halogens is 6. The average molecular weight is 510 g/mol. The Hall–Kier alpha value is -2.08. The predicted molar refractivity (Wildman–Crippen MR) is 129 cm³/mol. The highest BCUT2D eigenvalue weighted by Crippen LogP contribution is 2.40. The first-order valence-electron chi connectivity index (χ1n) is 11.3. The molecule has 0 aliphatic heterocycles. The van der Waals surface area contributed by atoms with Crippen molar-refractivity contribution in [3.05, 3.63) is 104 Å². The van der Waals surface area contributed by atoms with Crippen LogP contribution in [0.15, 0.2) is 60.7 Å². The second kappa shape index (κ2) is 10.7. The summed E-state index contributed by atoms with van der Waals surface area (Å²) in [6, 6.07) is 17.3. The van der Waals surface area contributed by atoms with Gasteiger partial charge in [-0.1, -0.05) is 59.6 Å². The van der Waals surface area contributed by atoms with Crippen LogP contribution in [0.2, 0.25) is 10.0 Å². The van der Waals surface area contributed by atoms with E-state index < -0.39 is 17.6 Å². The molecule has 1 fully saturated rings. The van der Waals surface area contributed by atoms with E-state index in [-0.39, 0.29) is 0 Å². The van der Waals surface area contributed by atoms with Gasteiger partial charge in [-0.25, -0.2) is 4.39 Å². The second-order valence-corrected chi connectivity index (χ2v) is 9.67. The molecule has 7 heteroatoms. The third-order valence-corrected chi connectivity index (χ3v) is 6.93. The van der Waals surface area contributed by atoms with Gasteiger partial charge in [0, 0.05) is 19.6 Å². The molecule has 1 aliphatic rings. The van der Waals surface area contributed by atoms with Gasteiger partial charge in [-0.3, -0.25) is 4.90 Å². The summed E-state index contributed by atoms with van der Waals surface area (Å²) in [5, 5.41) is 0.988. The Bertz CT molecular complexity index is 1120. The van der Waals surface area contributed by atoms with Gasteiger partial charge in [0.15, 0.2) is 0 Å². The summed E-state index contributed by atoms with van der Waals surface area (Å²) in [5.41, 5.74) is 2.77. The van der Waals surface area contributed by atoms with Gasteiger partial charge in [-0.05, 0) is 78.1 Å². The minimum absolute atomic E-state index is 0.380. The quantitative estimate of drug-likeness (QED) is 0.262. The van der Waals surface area contributed by atoms with Crippen LogP contribution in [0.1, 0.15) is 46.6 Å². The van der Waals surface area contributed by atoms with Crippen molar-refractivity contribution in [2.75, 3.05) is 13.1 Å². The molecule has 0 bridgehead atoms. The summed E-state index contributed by atoms with van der Waals surface area (Å²) in [4.78, 5) is 2.20. The van der Waals surface area contributed by atoms with E-state index in [0.29, 0.717) is 54.0 Å². The first-order chi connectivity index (χ1) is 16.2. The maximum absolute atomic E-state index is 13.7. The Labute approximate surface area is 207 Å². The zero-order valence-electron chi connectivity index (χ0n) is 18.5. The van der Waals surface area contributed by atoms with E-state index in [1.54, 1.807) is 6.07 Å². The molecule has 0 atom stereocenters. The zero-order valence-corrected chi connectivity index (χ0v) is 20.0. The first-order valence-corrected chi connectivity index (χ1v) is 12.1. The molecule has 34 heavy (non-hydrogen) atoms. The Balaban J connectivity index is 1.46. The molecular formula is C27H25Cl2F4N. The predicted octanol–water partition coefficient (Wildman–Crippen LogP) is 8.32. The molecule has 1 nitrogen and oxygen atoms in total. The number of hydrogen-bond donors (Lipinski definition) is 0. The van der Waals surface area contributed by atoms with Crippen molar-refractivity contribution in [1.29, 1.82) is 0 Å². The van der Waals surface area contributed by atoms with Crippen LogP contribution >= 0.6 is 23.2 Å². The fraction of sp³-hybridized carbons (Fsp3) is 0.333. The average Bonchev–Trinajstić information content (AvgIpc) is 3.64. The van der Waals surface area contributed by atoms with Gasteiger partial charge in [0.2, 0.25) is 0 Å². The molecule has 0 N–H and O–H groups in total. The summed E-state index contributed by atoms with van der Waals surface area (Å²) < 4.78 is 53.0. The van der Waals surface area contributed by atoms with Crippen LogP contribution in [0.4, 0.5) is 17.6 Å². The number of nitrogens with zero attached hydrogens (tertiary/aromatic N) is 1. The molecule has 3 aromatic rings. The second-order valence-electron chi connectivity index (χ2n) is 8.85. The van der Waals surface area contributed by atoms with Gasteiger partial charge < -0.3 is 0 Å². The lowest BCUT2D eigenvalue weighted by Crippen LogP contribution is -2.28. The minimum Gasteiger partial charge on any atom is -0.298 e. The zero-order chi connectivity index (χ0) is 24.3. The van der Waals surface area contributed by atoms with E-state index in [0.717, 1.165) is 23.3 Å². The van der Waals surface area contributed by atoms with Crippen molar-refractivity contribution < 1.29 is 17.6 Å². The molecule has 0 heterocycles. The fourth-order valence-corrected chi connectivity index (χ4v) is 4.38. The fourth-order valence-electron chi connectivity index (χ4n) is 4.05. The number of alkyl halides is 3. The Morgan fingerprint density at radius 1 is 0.765 bits per heavy atom. The number of benzene rings is 3. The normalized spacial score (nSPS) is 14.1. The number of hydrogen-bond acceptors (Lipinski definition) is 1. The van der Waals surface area contributed by atoms with E-state index >= 15 is 0 Å². The third-order valence-electron chi connectivity index (χ3n) is 6.19. The van der Waals surface area contributed by atoms with Crippen LogP contribution in [0.3, 0.4) is 0 Å². The van der Waals surface area contributed by atoms with E-state index in [1.165, 1.54) is 24.5 Å². The van der Waals surface area contributed by atoms with E-state index in [2.05, 4.69) is 29.2 Å². The molecular weight excluding hydrogens is 485 g/mol. The van der Waals surface area contributed by atoms with Gasteiger partial charge in [-0.2, -0.15) is 13.2 Å². The Morgan fingerprint density at radius 2 is 1.35 bits per heavy atom. The van der Waals surface area contributed by atoms with Crippen LogP contribution in [-0.2, 0) is 25.6 Å². The highest BCUT2D eigenvalue weighted by molar-refractivity contribution is 6.42. The van der Waals surface area contributed by atoms with E-state index in [1.807, 2.05) is 12.1 Å². The van der Waals surface area contributed by atoms with Crippen LogP contribution in [-0.4, -0.2) is 18.0 Å². The van der Waals surface area contributed by atoms with Gasteiger partial charge in [-0.15, -0.1) is 0 Å². The summed E-state index contributed by atoms with van der Waals surface area (Å²) in [7, 11) is 0. The smallest absolute Gasteiger partial charge is 0.298 e. The van der Waals surface area contributed by atoms with Crippen molar-refractivity contribution in [1.82, 2.24) is 4.90 Å². The largest absolute Gasteiger partial charge is 0.419 e. The van der Waals surface area contributed by atoms with Gasteiger partial charge in [0.05, 0.1) is 15.6 Å². The molecule has 1 saturated carbocycles. The van der Waals surface area contributed by atoms with Crippen LogP contribution in [0, 0.1) is 5.82 Å². The van der Waals surface area contributed by atoms with E-state index in [9.17, 15) is 17.6 Å². The maximum Gasteiger partial charge on any atom is 0.419 e. The molecule has 1 aliphatic carbocycles. The summed E-state index contributed by atoms with van der Waals surface area (Å²) in [6.07, 6.45) is -1.13. The van der Waals surface area contributed by atoms with Crippen molar-refractivity contribution in [3.63, 3.8) is 0 Å². The SMILES string of the molecule is Fc1ccc(CCN(CCc2ccc(Cl)c(Cl)c2)Cc2ccc(C3CC3)cc2)cc1C(F)(F)F. The standard InChI is InChI=1S/C27H25Cl2F4N/c28-24-9-3-19(16-25(24)29)12-14-34(17-20-1-5-21(6-2-20)22-7-8-22)13-11-18-4-10-26(30)23(15-18)27(31,32)33/h1-6,9-10,15-16,22H,7-8,11-14,17H2. The summed E-state index contributed by atoms with van der Waals surface area (Å²) >= 11 is 12.2. The van der Waals surface area contributed by atoms with Crippen molar-refractivity contribution in [2.45, 2.75) is 44.3 Å². The summed E-state index contributed by atoms with van der Waals surface area (Å²) in [5.74, 6) is -0.565. The van der Waals surface area contributed by atoms with Crippen molar-refractivity contribution >= 4 is 23.2 Å². The Kier molecular flexibility index (Phi) is 7.86. The van der Waals surface area contributed by atoms with Gasteiger partial charge in [0.1, 0.15) is 5.82 Å². The molecule has 3 aromatic carbocycles. The van der Waals surface area contributed by atoms with Crippen LogP contribution in [0.5, 0.6) is 0 Å². The van der Waals surface area contributed by atoms with Gasteiger partial charge in [0.25, 0.3) is 0 Å². The molecule has 0 amide bonds. The van der Waals surface area contributed by atoms with E-state index in [4.69, 9.17) is 23.2 Å². The lowest BCUT2D eigenvalue weighted by molar-refractivity contribution is -0.140.